The summed E-state index contributed by atoms with van der Waals surface area (Å²) < 4.78 is 7.67. The lowest BCUT2D eigenvalue weighted by molar-refractivity contribution is -0.606. The summed E-state index contributed by atoms with van der Waals surface area (Å²) in [5, 5.41) is 28.0. The average molecular weight is 834 g/mol. The molecule has 3 aliphatic heterocycles. The van der Waals surface area contributed by atoms with E-state index in [4.69, 9.17) is 10.5 Å². The van der Waals surface area contributed by atoms with Gasteiger partial charge in [0.05, 0.1) is 17.9 Å². The maximum Gasteiger partial charge on any atom is 0.249 e. The number of amides is 3. The molecule has 0 bridgehead atoms. The minimum Gasteiger partial charge on any atom is -0.507 e. The standard InChI is InChI=1S/C45H56N10O6/c1-29-26-54(39-24-37(50-51-44(39)46)36-12-4-5-13-40(36)56)28-30(2)43(55(60)27-29)31-8-6-11-35(22-31)61-34-16-20-53(21-17-34)42(58)25-47-18-19-48-32-9-7-10-33(23-32)52(3)38-14-15-41(57)49-45(38)59/h4-13,22-24,29-30,34,38,43,47-48H,14-21,25-28H2,1-3H3,(H3-,46,49,50,51,56,57,59)/p+1/t29-,30-,38-,43?/m1/s1. The van der Waals surface area contributed by atoms with Crippen molar-refractivity contribution in [3.05, 3.63) is 89.3 Å². The van der Waals surface area contributed by atoms with E-state index in [0.717, 1.165) is 22.6 Å². The lowest BCUT2D eigenvalue weighted by Gasteiger charge is -2.34. The maximum absolute atomic E-state index is 13.8. The Hall–Kier alpha value is -6.29. The number of phenols is 1. The number of ether oxygens (including phenoxy) is 1. The molecule has 3 aliphatic rings. The lowest BCUT2D eigenvalue weighted by atomic mass is 9.91. The second-order valence-electron chi connectivity index (χ2n) is 16.6. The van der Waals surface area contributed by atoms with Gasteiger partial charge in [-0.2, -0.15) is 0 Å². The minimum absolute atomic E-state index is 0.0260. The van der Waals surface area contributed by atoms with E-state index < -0.39 is 12.1 Å². The minimum atomic E-state index is -0.429. The third-order valence-corrected chi connectivity index (χ3v) is 11.8. The van der Waals surface area contributed by atoms with Crippen LogP contribution in [0.4, 0.5) is 22.9 Å². The number of aromatic hydroxyl groups is 1. The Labute approximate surface area is 356 Å². The van der Waals surface area contributed by atoms with Crippen molar-refractivity contribution in [1.82, 2.24) is 25.7 Å². The number of anilines is 4. The van der Waals surface area contributed by atoms with Crippen LogP contribution < -0.4 is 36.2 Å². The van der Waals surface area contributed by atoms with Gasteiger partial charge < -0.3 is 40.9 Å². The number of imide groups is 1. The number of para-hydroxylation sites is 1. The second-order valence-corrected chi connectivity index (χ2v) is 16.6. The van der Waals surface area contributed by atoms with Gasteiger partial charge in [-0.1, -0.05) is 44.2 Å². The smallest absolute Gasteiger partial charge is 0.249 e. The Bertz CT molecular complexity index is 2210. The molecular formula is C45H57N10O6+. The number of piperidine rings is 2. The number of carbonyl (C=O) groups excluding carboxylic acids is 3. The number of nitrogens with two attached hydrogens (primary N) is 1. The van der Waals surface area contributed by atoms with Crippen LogP contribution in [0.1, 0.15) is 51.1 Å². The van der Waals surface area contributed by atoms with Crippen molar-refractivity contribution in [1.29, 1.82) is 0 Å². The Kier molecular flexibility index (Phi) is 13.6. The molecule has 7 rings (SSSR count). The SMILES string of the molecule is C[C@@H]1CN(c2cc(-c3ccccc3O)nnc2N)C[C@@H](C)C(c2cccc(OC3CCN(C(=O)CNCCNc4cccc(N(C)[C@@H]5CCC(=O)NC5=O)c4)CC3)c2)[N+](=O)C1. The first-order valence-electron chi connectivity index (χ1n) is 21.2. The van der Waals surface area contributed by atoms with Gasteiger partial charge in [-0.05, 0) is 55.0 Å². The van der Waals surface area contributed by atoms with Crippen molar-refractivity contribution >= 4 is 40.6 Å². The zero-order valence-corrected chi connectivity index (χ0v) is 35.1. The predicted octanol–water partition coefficient (Wildman–Crippen LogP) is 4.36. The summed E-state index contributed by atoms with van der Waals surface area (Å²) in [4.78, 5) is 56.7. The highest BCUT2D eigenvalue weighted by molar-refractivity contribution is 6.01. The van der Waals surface area contributed by atoms with Crippen molar-refractivity contribution in [3.8, 4) is 22.8 Å². The van der Waals surface area contributed by atoms with Gasteiger partial charge in [-0.15, -0.1) is 10.2 Å². The number of rotatable bonds is 13. The van der Waals surface area contributed by atoms with Crippen LogP contribution in [0, 0.1) is 16.7 Å². The number of aromatic nitrogens is 2. The third-order valence-electron chi connectivity index (χ3n) is 11.8. The number of nitrogens with zero attached hydrogens (tertiary/aromatic N) is 6. The van der Waals surface area contributed by atoms with Gasteiger partial charge >= 0.3 is 0 Å². The largest absolute Gasteiger partial charge is 0.507 e. The molecule has 0 aliphatic carbocycles. The van der Waals surface area contributed by atoms with E-state index in [2.05, 4.69) is 44.9 Å². The van der Waals surface area contributed by atoms with E-state index in [-0.39, 0.29) is 48.0 Å². The molecular weight excluding hydrogens is 777 g/mol. The van der Waals surface area contributed by atoms with Crippen LogP contribution in [-0.4, -0.2) is 114 Å². The van der Waals surface area contributed by atoms with Crippen molar-refractivity contribution in [2.45, 2.75) is 57.7 Å². The highest BCUT2D eigenvalue weighted by Gasteiger charge is 2.39. The van der Waals surface area contributed by atoms with Crippen LogP contribution in [0.25, 0.3) is 11.3 Å². The number of phenolic OH excluding ortho intramolecular Hbond substituents is 1. The van der Waals surface area contributed by atoms with E-state index in [1.807, 2.05) is 77.5 Å². The van der Waals surface area contributed by atoms with Gasteiger partial charge in [0.15, 0.2) is 12.4 Å². The van der Waals surface area contributed by atoms with E-state index in [9.17, 15) is 24.4 Å². The molecule has 0 spiro atoms. The maximum atomic E-state index is 13.8. The molecule has 4 atom stereocenters. The molecule has 4 heterocycles. The van der Waals surface area contributed by atoms with Crippen molar-refractivity contribution in [2.75, 3.05) is 80.3 Å². The first-order chi connectivity index (χ1) is 29.4. The summed E-state index contributed by atoms with van der Waals surface area (Å²) in [5.41, 5.74) is 10.9. The summed E-state index contributed by atoms with van der Waals surface area (Å²) in [5.74, 6) is 0.569. The fourth-order valence-electron chi connectivity index (χ4n) is 8.67. The first-order valence-corrected chi connectivity index (χ1v) is 21.2. The Morgan fingerprint density at radius 2 is 1.77 bits per heavy atom. The quantitative estimate of drug-likeness (QED) is 0.0725. The molecule has 322 valence electrons. The van der Waals surface area contributed by atoms with Crippen LogP contribution in [0.2, 0.25) is 0 Å². The number of likely N-dealkylation sites (N-methyl/N-ethyl adjacent to an activating group) is 1. The van der Waals surface area contributed by atoms with Gasteiger partial charge in [0.2, 0.25) is 23.8 Å². The zero-order chi connectivity index (χ0) is 43.0. The number of hydrogen-bond acceptors (Lipinski definition) is 13. The molecule has 3 amide bonds. The molecule has 4 aromatic rings. The Morgan fingerprint density at radius 1 is 0.984 bits per heavy atom. The highest BCUT2D eigenvalue weighted by Crippen LogP contribution is 2.36. The number of likely N-dealkylation sites (tertiary alicyclic amines) is 1. The monoisotopic (exact) mass is 833 g/mol. The third kappa shape index (κ3) is 10.5. The molecule has 0 saturated carbocycles. The zero-order valence-electron chi connectivity index (χ0n) is 35.1. The second kappa shape index (κ2) is 19.4. The number of carbonyl (C=O) groups is 3. The van der Waals surface area contributed by atoms with Gasteiger partial charge in [0, 0.05) is 110 Å². The molecule has 16 nitrogen and oxygen atoms in total. The first kappa shape index (κ1) is 42.8. The molecule has 3 fully saturated rings. The molecule has 3 saturated heterocycles. The summed E-state index contributed by atoms with van der Waals surface area (Å²) in [6.45, 7) is 8.23. The lowest BCUT2D eigenvalue weighted by Crippen LogP contribution is -2.51. The van der Waals surface area contributed by atoms with Gasteiger partial charge in [-0.25, -0.2) is 0 Å². The van der Waals surface area contributed by atoms with Crippen LogP contribution in [-0.2, 0) is 14.4 Å². The summed E-state index contributed by atoms with van der Waals surface area (Å²) in [6.07, 6.45) is 2.14. The van der Waals surface area contributed by atoms with Gasteiger partial charge in [-0.3, -0.25) is 19.7 Å². The number of benzene rings is 3. The number of nitrogen functional groups attached to an aromatic ring is 1. The number of nitroso groups, excluding NO2 is 1. The molecule has 1 aromatic heterocycles. The molecule has 1 unspecified atom stereocenters. The Morgan fingerprint density at radius 3 is 2.56 bits per heavy atom. The van der Waals surface area contributed by atoms with Crippen molar-refractivity contribution in [3.63, 3.8) is 0 Å². The molecule has 61 heavy (non-hydrogen) atoms. The predicted molar refractivity (Wildman–Crippen MR) is 234 cm³/mol. The summed E-state index contributed by atoms with van der Waals surface area (Å²) >= 11 is 0. The van der Waals surface area contributed by atoms with Crippen molar-refractivity contribution in [2.24, 2.45) is 11.8 Å². The fraction of sp³-hybridized carbons (Fsp3) is 0.444. The van der Waals surface area contributed by atoms with Crippen molar-refractivity contribution < 1.29 is 29.0 Å². The van der Waals surface area contributed by atoms with E-state index in [0.29, 0.717) is 94.3 Å². The molecule has 6 N–H and O–H groups in total. The topological polar surface area (TPSA) is 198 Å². The van der Waals surface area contributed by atoms with Crippen LogP contribution in [0.5, 0.6) is 11.5 Å². The van der Waals surface area contributed by atoms with Crippen LogP contribution >= 0.6 is 0 Å². The highest BCUT2D eigenvalue weighted by atomic mass is 16.5. The van der Waals surface area contributed by atoms with E-state index in [1.54, 1.807) is 18.2 Å². The molecule has 3 aromatic carbocycles. The molecule has 0 radical (unpaired) electrons. The van der Waals surface area contributed by atoms with Gasteiger partial charge in [0.1, 0.15) is 23.6 Å². The summed E-state index contributed by atoms with van der Waals surface area (Å²) in [7, 11) is 1.85. The summed E-state index contributed by atoms with van der Waals surface area (Å²) in [6, 6.07) is 23.6. The van der Waals surface area contributed by atoms with Crippen LogP contribution in [0.3, 0.4) is 0 Å². The number of nitrogens with one attached hydrogen (secondary N) is 3. The fourth-order valence-corrected chi connectivity index (χ4v) is 8.67. The normalized spacial score (nSPS) is 21.3. The number of hydrogen-bond donors (Lipinski definition) is 5. The van der Waals surface area contributed by atoms with E-state index >= 15 is 0 Å². The molecule has 16 heteroatoms. The van der Waals surface area contributed by atoms with Gasteiger partial charge in [0.25, 0.3) is 0 Å². The van der Waals surface area contributed by atoms with Crippen LogP contribution in [0.15, 0.2) is 78.9 Å². The average Bonchev–Trinajstić information content (AvgIpc) is 3.23. The van der Waals surface area contributed by atoms with E-state index in [1.165, 1.54) is 4.76 Å². The Balaban J connectivity index is 0.880.